The summed E-state index contributed by atoms with van der Waals surface area (Å²) in [5, 5.41) is 5.11. The van der Waals surface area contributed by atoms with Gasteiger partial charge < -0.3 is 16.4 Å². The van der Waals surface area contributed by atoms with E-state index in [0.29, 0.717) is 11.3 Å². The Morgan fingerprint density at radius 1 is 1.41 bits per heavy atom. The van der Waals surface area contributed by atoms with Crippen LogP contribution in [0, 0.1) is 0 Å². The second kappa shape index (κ2) is 6.24. The summed E-state index contributed by atoms with van der Waals surface area (Å²) < 4.78 is 0.817. The Morgan fingerprint density at radius 2 is 2.12 bits per heavy atom. The molecule has 4 N–H and O–H groups in total. The van der Waals surface area contributed by atoms with Crippen LogP contribution in [-0.4, -0.2) is 25.4 Å². The Balaban J connectivity index is 2.55. The Kier molecular flexibility index (Phi) is 4.96. The topological polar surface area (TPSA) is 84.2 Å². The minimum absolute atomic E-state index is 0.117. The largest absolute Gasteiger partial charge is 0.398 e. The summed E-state index contributed by atoms with van der Waals surface area (Å²) in [4.78, 5) is 22.7. The molecular weight excluding hydrogens is 286 g/mol. The van der Waals surface area contributed by atoms with Gasteiger partial charge >= 0.3 is 0 Å². The van der Waals surface area contributed by atoms with E-state index in [2.05, 4.69) is 26.6 Å². The molecule has 0 fully saturated rings. The number of carbonyl (C=O) groups excluding carboxylic acids is 2. The minimum atomic E-state index is -0.279. The lowest BCUT2D eigenvalue weighted by molar-refractivity contribution is -0.120. The molecule has 0 atom stereocenters. The third-order valence-corrected chi connectivity index (χ3v) is 2.67. The molecule has 6 heteroatoms. The lowest BCUT2D eigenvalue weighted by Crippen LogP contribution is -2.29. The van der Waals surface area contributed by atoms with Crippen molar-refractivity contribution in [1.82, 2.24) is 10.6 Å². The van der Waals surface area contributed by atoms with E-state index in [4.69, 9.17) is 5.73 Å². The predicted octanol–water partition coefficient (Wildman–Crippen LogP) is 0.897. The minimum Gasteiger partial charge on any atom is -0.398 e. The molecule has 0 bridgehead atoms. The first-order chi connectivity index (χ1) is 8.04. The first-order valence-corrected chi connectivity index (χ1v) is 5.87. The molecule has 1 aromatic carbocycles. The number of hydrogen-bond acceptors (Lipinski definition) is 3. The van der Waals surface area contributed by atoms with Gasteiger partial charge in [-0.3, -0.25) is 9.59 Å². The number of hydrogen-bond donors (Lipinski definition) is 3. The molecule has 0 saturated heterocycles. The molecule has 1 rings (SSSR count). The third kappa shape index (κ3) is 4.07. The van der Waals surface area contributed by atoms with E-state index >= 15 is 0 Å². The van der Waals surface area contributed by atoms with E-state index < -0.39 is 0 Å². The molecule has 17 heavy (non-hydrogen) atoms. The molecule has 0 aliphatic heterocycles. The van der Waals surface area contributed by atoms with Crippen molar-refractivity contribution >= 4 is 33.4 Å². The van der Waals surface area contributed by atoms with Crippen molar-refractivity contribution in [1.29, 1.82) is 0 Å². The van der Waals surface area contributed by atoms with Crippen LogP contribution in [0.25, 0.3) is 0 Å². The third-order valence-electron chi connectivity index (χ3n) is 2.17. The maximum Gasteiger partial charge on any atom is 0.253 e. The monoisotopic (exact) mass is 299 g/mol. The molecule has 0 heterocycles. The van der Waals surface area contributed by atoms with Gasteiger partial charge in [-0.1, -0.05) is 15.9 Å². The fraction of sp³-hybridized carbons (Fsp3) is 0.273. The molecule has 0 aromatic heterocycles. The zero-order valence-electron chi connectivity index (χ0n) is 9.42. The van der Waals surface area contributed by atoms with Crippen LogP contribution in [0.1, 0.15) is 16.8 Å². The van der Waals surface area contributed by atoms with Crippen molar-refractivity contribution in [3.63, 3.8) is 0 Å². The van der Waals surface area contributed by atoms with E-state index in [1.54, 1.807) is 25.2 Å². The van der Waals surface area contributed by atoms with Crippen molar-refractivity contribution in [2.75, 3.05) is 19.3 Å². The Morgan fingerprint density at radius 3 is 2.71 bits per heavy atom. The normalized spacial score (nSPS) is 9.76. The van der Waals surface area contributed by atoms with E-state index in [1.165, 1.54) is 0 Å². The summed E-state index contributed by atoms with van der Waals surface area (Å²) >= 11 is 3.26. The van der Waals surface area contributed by atoms with Gasteiger partial charge in [0.05, 0.1) is 5.56 Å². The lowest BCUT2D eigenvalue weighted by Gasteiger charge is -2.07. The molecule has 0 aliphatic carbocycles. The number of nitrogens with two attached hydrogens (primary N) is 1. The van der Waals surface area contributed by atoms with Crippen molar-refractivity contribution in [2.24, 2.45) is 0 Å². The molecule has 0 aliphatic rings. The van der Waals surface area contributed by atoms with Crippen LogP contribution in [-0.2, 0) is 4.79 Å². The molecule has 5 nitrogen and oxygen atoms in total. The second-order valence-electron chi connectivity index (χ2n) is 3.41. The SMILES string of the molecule is CNC(=O)CCNC(=O)c1ccc(Br)cc1N. The van der Waals surface area contributed by atoms with Crippen LogP contribution in [0.15, 0.2) is 22.7 Å². The van der Waals surface area contributed by atoms with Crippen LogP contribution in [0.4, 0.5) is 5.69 Å². The van der Waals surface area contributed by atoms with Gasteiger partial charge in [-0.2, -0.15) is 0 Å². The zero-order valence-corrected chi connectivity index (χ0v) is 11.0. The predicted molar refractivity (Wildman–Crippen MR) is 69.6 cm³/mol. The van der Waals surface area contributed by atoms with E-state index in [-0.39, 0.29) is 24.8 Å². The average Bonchev–Trinajstić information content (AvgIpc) is 2.28. The number of nitrogens with one attached hydrogen (secondary N) is 2. The van der Waals surface area contributed by atoms with Gasteiger partial charge in [0.25, 0.3) is 5.91 Å². The molecule has 0 radical (unpaired) electrons. The average molecular weight is 300 g/mol. The van der Waals surface area contributed by atoms with Gasteiger partial charge in [0.2, 0.25) is 5.91 Å². The van der Waals surface area contributed by atoms with Gasteiger partial charge in [-0.05, 0) is 18.2 Å². The quantitative estimate of drug-likeness (QED) is 0.722. The number of amides is 2. The molecular formula is C11H14BrN3O2. The van der Waals surface area contributed by atoms with E-state index in [9.17, 15) is 9.59 Å². The zero-order chi connectivity index (χ0) is 12.8. The molecule has 1 aromatic rings. The van der Waals surface area contributed by atoms with Crippen molar-refractivity contribution in [2.45, 2.75) is 6.42 Å². The Bertz CT molecular complexity index is 435. The van der Waals surface area contributed by atoms with Crippen LogP contribution < -0.4 is 16.4 Å². The number of anilines is 1. The fourth-order valence-electron chi connectivity index (χ4n) is 1.25. The highest BCUT2D eigenvalue weighted by Crippen LogP contribution is 2.18. The summed E-state index contributed by atoms with van der Waals surface area (Å²) in [6.45, 7) is 0.286. The highest BCUT2D eigenvalue weighted by Gasteiger charge is 2.09. The van der Waals surface area contributed by atoms with Gasteiger partial charge in [-0.15, -0.1) is 0 Å². The Labute approximate surface area is 108 Å². The van der Waals surface area contributed by atoms with Gasteiger partial charge in [0.1, 0.15) is 0 Å². The van der Waals surface area contributed by atoms with Crippen LogP contribution in [0.3, 0.4) is 0 Å². The summed E-state index contributed by atoms with van der Waals surface area (Å²) in [6, 6.07) is 5.03. The molecule has 0 unspecified atom stereocenters. The van der Waals surface area contributed by atoms with E-state index in [0.717, 1.165) is 4.47 Å². The number of carbonyl (C=O) groups is 2. The standard InChI is InChI=1S/C11H14BrN3O2/c1-14-10(16)4-5-15-11(17)8-3-2-7(12)6-9(8)13/h2-3,6H,4-5,13H2,1H3,(H,14,16)(H,15,17). The van der Waals surface area contributed by atoms with Crippen molar-refractivity contribution in [3.8, 4) is 0 Å². The number of benzene rings is 1. The lowest BCUT2D eigenvalue weighted by atomic mass is 10.1. The van der Waals surface area contributed by atoms with Crippen molar-refractivity contribution < 1.29 is 9.59 Å². The smallest absolute Gasteiger partial charge is 0.253 e. The summed E-state index contributed by atoms with van der Waals surface area (Å²) in [7, 11) is 1.55. The molecule has 2 amide bonds. The van der Waals surface area contributed by atoms with Gasteiger partial charge in [0, 0.05) is 30.2 Å². The van der Waals surface area contributed by atoms with E-state index in [1.807, 2.05) is 0 Å². The van der Waals surface area contributed by atoms with Crippen LogP contribution in [0.5, 0.6) is 0 Å². The number of nitrogen functional groups attached to an aromatic ring is 1. The first-order valence-electron chi connectivity index (χ1n) is 5.08. The first kappa shape index (κ1) is 13.5. The maximum absolute atomic E-state index is 11.7. The highest BCUT2D eigenvalue weighted by atomic mass is 79.9. The molecule has 92 valence electrons. The highest BCUT2D eigenvalue weighted by molar-refractivity contribution is 9.10. The molecule has 0 spiro atoms. The maximum atomic E-state index is 11.7. The number of rotatable bonds is 4. The summed E-state index contributed by atoms with van der Waals surface area (Å²) in [6.07, 6.45) is 0.249. The Hall–Kier alpha value is -1.56. The summed E-state index contributed by atoms with van der Waals surface area (Å²) in [5.41, 5.74) is 6.52. The molecule has 0 saturated carbocycles. The summed E-state index contributed by atoms with van der Waals surface area (Å²) in [5.74, 6) is -0.395. The van der Waals surface area contributed by atoms with Gasteiger partial charge in [0.15, 0.2) is 0 Å². The fourth-order valence-corrected chi connectivity index (χ4v) is 1.63. The van der Waals surface area contributed by atoms with Crippen molar-refractivity contribution in [3.05, 3.63) is 28.2 Å². The van der Waals surface area contributed by atoms with Crippen LogP contribution >= 0.6 is 15.9 Å². The number of halogens is 1. The van der Waals surface area contributed by atoms with Crippen LogP contribution in [0.2, 0.25) is 0 Å². The second-order valence-corrected chi connectivity index (χ2v) is 4.33. The van der Waals surface area contributed by atoms with Gasteiger partial charge in [-0.25, -0.2) is 0 Å².